The number of ether oxygens (including phenoxy) is 3. The van der Waals surface area contributed by atoms with Crippen LogP contribution in [-0.2, 0) is 4.79 Å². The second-order valence-corrected chi connectivity index (χ2v) is 2.94. The minimum atomic E-state index is -0.406. The number of hydrogen-bond donors (Lipinski definition) is 0. The Hall–Kier alpha value is -1.97. The van der Waals surface area contributed by atoms with Crippen LogP contribution in [0.5, 0.6) is 17.2 Å². The van der Waals surface area contributed by atoms with Gasteiger partial charge in [0.25, 0.3) is 0 Å². The van der Waals surface area contributed by atoms with Gasteiger partial charge in [-0.2, -0.15) is 0 Å². The summed E-state index contributed by atoms with van der Waals surface area (Å²) in [5.74, 6) is 1.31. The summed E-state index contributed by atoms with van der Waals surface area (Å²) in [6, 6.07) is 5.00. The largest absolute Gasteiger partial charge is 0.454 e. The van der Waals surface area contributed by atoms with Gasteiger partial charge in [-0.1, -0.05) is 6.08 Å². The fraction of sp³-hybridized carbons (Fsp3) is 0.182. The Morgan fingerprint density at radius 3 is 3.00 bits per heavy atom. The zero-order valence-corrected chi connectivity index (χ0v) is 8.23. The zero-order chi connectivity index (χ0) is 10.7. The van der Waals surface area contributed by atoms with E-state index in [-0.39, 0.29) is 6.79 Å². The molecule has 0 aromatic heterocycles. The number of hydrogen-bond acceptors (Lipinski definition) is 4. The normalized spacial score (nSPS) is 13.1. The third-order valence-corrected chi connectivity index (χ3v) is 1.87. The summed E-state index contributed by atoms with van der Waals surface area (Å²) >= 11 is 0. The smallest absolute Gasteiger partial charge is 0.335 e. The first-order chi connectivity index (χ1) is 7.29. The van der Waals surface area contributed by atoms with Gasteiger partial charge in [0.1, 0.15) is 5.75 Å². The highest BCUT2D eigenvalue weighted by Crippen LogP contribution is 2.35. The van der Waals surface area contributed by atoms with Crippen LogP contribution in [0.1, 0.15) is 6.92 Å². The topological polar surface area (TPSA) is 44.8 Å². The molecular formula is C11H10O4. The van der Waals surface area contributed by atoms with Gasteiger partial charge in [0.15, 0.2) is 11.5 Å². The van der Waals surface area contributed by atoms with Gasteiger partial charge in [0.05, 0.1) is 0 Å². The summed E-state index contributed by atoms with van der Waals surface area (Å²) in [6.07, 6.45) is 2.97. The predicted octanol–water partition coefficient (Wildman–Crippen LogP) is 1.90. The van der Waals surface area contributed by atoms with Gasteiger partial charge in [0, 0.05) is 12.1 Å². The van der Waals surface area contributed by atoms with Crippen LogP contribution < -0.4 is 14.2 Å². The number of carbonyl (C=O) groups is 1. The first kappa shape index (κ1) is 9.58. The molecule has 1 heterocycles. The molecule has 0 aliphatic carbocycles. The fourth-order valence-electron chi connectivity index (χ4n) is 1.23. The van der Waals surface area contributed by atoms with Crippen molar-refractivity contribution in [1.82, 2.24) is 0 Å². The predicted molar refractivity (Wildman–Crippen MR) is 53.0 cm³/mol. The summed E-state index contributed by atoms with van der Waals surface area (Å²) in [7, 11) is 0. The monoisotopic (exact) mass is 206 g/mol. The van der Waals surface area contributed by atoms with Crippen molar-refractivity contribution in [2.45, 2.75) is 6.92 Å². The second kappa shape index (κ2) is 4.04. The van der Waals surface area contributed by atoms with Gasteiger partial charge in [0.2, 0.25) is 6.79 Å². The van der Waals surface area contributed by atoms with Crippen molar-refractivity contribution in [1.29, 1.82) is 0 Å². The molecule has 15 heavy (non-hydrogen) atoms. The minimum absolute atomic E-state index is 0.210. The van der Waals surface area contributed by atoms with E-state index in [4.69, 9.17) is 14.2 Å². The number of carbonyl (C=O) groups excluding carboxylic acids is 1. The molecule has 1 aliphatic rings. The molecule has 2 rings (SSSR count). The van der Waals surface area contributed by atoms with E-state index in [2.05, 4.69) is 0 Å². The summed E-state index contributed by atoms with van der Waals surface area (Å²) in [6.45, 7) is 1.96. The molecule has 0 saturated heterocycles. The van der Waals surface area contributed by atoms with Gasteiger partial charge in [-0.3, -0.25) is 0 Å². The van der Waals surface area contributed by atoms with E-state index in [1.807, 2.05) is 0 Å². The molecule has 0 atom stereocenters. The Labute approximate surface area is 87.1 Å². The van der Waals surface area contributed by atoms with E-state index in [0.717, 1.165) is 0 Å². The quantitative estimate of drug-likeness (QED) is 0.421. The highest BCUT2D eigenvalue weighted by Gasteiger charge is 2.14. The molecule has 0 bridgehead atoms. The van der Waals surface area contributed by atoms with Gasteiger partial charge in [-0.25, -0.2) is 4.79 Å². The van der Waals surface area contributed by atoms with Crippen LogP contribution in [0, 0.1) is 0 Å². The van der Waals surface area contributed by atoms with Crippen LogP contribution in [0.3, 0.4) is 0 Å². The molecule has 0 saturated carbocycles. The lowest BCUT2D eigenvalue weighted by Gasteiger charge is -2.02. The molecular weight excluding hydrogens is 196 g/mol. The van der Waals surface area contributed by atoms with Gasteiger partial charge in [-0.15, -0.1) is 0 Å². The van der Waals surface area contributed by atoms with Crippen molar-refractivity contribution in [2.24, 2.45) is 0 Å². The molecule has 78 valence electrons. The van der Waals surface area contributed by atoms with E-state index in [9.17, 15) is 4.79 Å². The molecule has 0 N–H and O–H groups in total. The maximum absolute atomic E-state index is 11.1. The second-order valence-electron chi connectivity index (χ2n) is 2.94. The van der Waals surface area contributed by atoms with E-state index in [0.29, 0.717) is 17.2 Å². The van der Waals surface area contributed by atoms with Crippen LogP contribution in [0.4, 0.5) is 0 Å². The van der Waals surface area contributed by atoms with Gasteiger partial charge < -0.3 is 14.2 Å². The van der Waals surface area contributed by atoms with Crippen molar-refractivity contribution in [3.63, 3.8) is 0 Å². The van der Waals surface area contributed by atoms with Crippen molar-refractivity contribution < 1.29 is 19.0 Å². The van der Waals surface area contributed by atoms with Crippen molar-refractivity contribution in [2.75, 3.05) is 6.79 Å². The first-order valence-corrected chi connectivity index (χ1v) is 4.54. The highest BCUT2D eigenvalue weighted by molar-refractivity contribution is 5.84. The Morgan fingerprint density at radius 2 is 2.20 bits per heavy atom. The number of rotatable bonds is 2. The maximum atomic E-state index is 11.1. The van der Waals surface area contributed by atoms with Crippen LogP contribution in [-0.4, -0.2) is 12.8 Å². The first-order valence-electron chi connectivity index (χ1n) is 4.54. The zero-order valence-electron chi connectivity index (χ0n) is 8.23. The Kier molecular flexibility index (Phi) is 2.58. The van der Waals surface area contributed by atoms with E-state index < -0.39 is 5.97 Å². The molecule has 0 amide bonds. The van der Waals surface area contributed by atoms with Crippen molar-refractivity contribution in [3.05, 3.63) is 30.4 Å². The number of fused-ring (bicyclic) bond motifs is 1. The summed E-state index contributed by atoms with van der Waals surface area (Å²) in [5, 5.41) is 0. The molecule has 0 radical (unpaired) electrons. The Bertz CT molecular complexity index is 409. The molecule has 4 heteroatoms. The molecule has 1 aromatic carbocycles. The maximum Gasteiger partial charge on any atom is 0.335 e. The lowest BCUT2D eigenvalue weighted by molar-refractivity contribution is -0.129. The summed E-state index contributed by atoms with van der Waals surface area (Å²) < 4.78 is 15.3. The fourth-order valence-corrected chi connectivity index (χ4v) is 1.23. The van der Waals surface area contributed by atoms with Crippen LogP contribution >= 0.6 is 0 Å². The number of benzene rings is 1. The molecule has 1 aromatic rings. The van der Waals surface area contributed by atoms with Gasteiger partial charge >= 0.3 is 5.97 Å². The molecule has 0 spiro atoms. The SMILES string of the molecule is C/C=C/C(=O)Oc1ccc2c(c1)OCO2. The van der Waals surface area contributed by atoms with E-state index >= 15 is 0 Å². The van der Waals surface area contributed by atoms with Crippen LogP contribution in [0.2, 0.25) is 0 Å². The summed E-state index contributed by atoms with van der Waals surface area (Å²) in [5.41, 5.74) is 0. The average Bonchev–Trinajstić information content (AvgIpc) is 2.65. The van der Waals surface area contributed by atoms with Crippen LogP contribution in [0.25, 0.3) is 0 Å². The van der Waals surface area contributed by atoms with E-state index in [1.165, 1.54) is 6.08 Å². The number of esters is 1. The van der Waals surface area contributed by atoms with E-state index in [1.54, 1.807) is 31.2 Å². The molecule has 0 unspecified atom stereocenters. The molecule has 4 nitrogen and oxygen atoms in total. The Balaban J connectivity index is 2.13. The average molecular weight is 206 g/mol. The van der Waals surface area contributed by atoms with Crippen molar-refractivity contribution in [3.8, 4) is 17.2 Å². The molecule has 1 aliphatic heterocycles. The summed E-state index contributed by atoms with van der Waals surface area (Å²) in [4.78, 5) is 11.1. The number of allylic oxidation sites excluding steroid dienone is 1. The Morgan fingerprint density at radius 1 is 1.40 bits per heavy atom. The lowest BCUT2D eigenvalue weighted by atomic mass is 10.3. The molecule has 0 fully saturated rings. The minimum Gasteiger partial charge on any atom is -0.454 e. The standard InChI is InChI=1S/C11H10O4/c1-2-3-11(12)15-8-4-5-9-10(6-8)14-7-13-9/h2-6H,7H2,1H3/b3-2+. The highest BCUT2D eigenvalue weighted by atomic mass is 16.7. The van der Waals surface area contributed by atoms with Gasteiger partial charge in [-0.05, 0) is 19.1 Å². The van der Waals surface area contributed by atoms with Crippen LogP contribution in [0.15, 0.2) is 30.4 Å². The third-order valence-electron chi connectivity index (χ3n) is 1.87. The third kappa shape index (κ3) is 2.10. The lowest BCUT2D eigenvalue weighted by Crippen LogP contribution is -2.03. The van der Waals surface area contributed by atoms with Crippen molar-refractivity contribution >= 4 is 5.97 Å².